The number of ether oxygens (including phenoxy) is 2. The first-order chi connectivity index (χ1) is 14.0. The summed E-state index contributed by atoms with van der Waals surface area (Å²) in [7, 11) is 6.08. The van der Waals surface area contributed by atoms with Gasteiger partial charge in [0, 0.05) is 49.5 Å². The normalized spacial score (nSPS) is 12.0. The molecule has 1 N–H and O–H groups in total. The summed E-state index contributed by atoms with van der Waals surface area (Å²) < 4.78 is 23.1. The fraction of sp³-hybridized carbons (Fsp3) is 0.409. The fourth-order valence-electron chi connectivity index (χ4n) is 3.02. The monoisotopic (exact) mass is 545 g/mol. The molecule has 0 bridgehead atoms. The highest BCUT2D eigenvalue weighted by atomic mass is 127. The number of nitrogens with zero attached hydrogens (tertiary/aromatic N) is 2. The third kappa shape index (κ3) is 7.79. The lowest BCUT2D eigenvalue weighted by molar-refractivity contribution is 0.353. The molecule has 2 rings (SSSR count). The minimum Gasteiger partial charge on any atom is -0.493 e. The summed E-state index contributed by atoms with van der Waals surface area (Å²) in [6.45, 7) is 3.31. The van der Waals surface area contributed by atoms with Gasteiger partial charge in [0.25, 0.3) is 0 Å². The molecule has 0 aliphatic heterocycles. The third-order valence-corrected chi connectivity index (χ3v) is 5.92. The number of methoxy groups -OCH3 is 2. The van der Waals surface area contributed by atoms with E-state index in [1.807, 2.05) is 61.3 Å². The highest BCUT2D eigenvalue weighted by Gasteiger charge is 2.13. The molecular formula is C22H32IN3O3S. The van der Waals surface area contributed by atoms with Crippen molar-refractivity contribution in [3.05, 3.63) is 59.2 Å². The first-order valence-electron chi connectivity index (χ1n) is 9.50. The van der Waals surface area contributed by atoms with Crippen LogP contribution in [0.4, 0.5) is 0 Å². The number of nitrogens with one attached hydrogen (secondary N) is 1. The first kappa shape index (κ1) is 26.2. The molecule has 0 fully saturated rings. The van der Waals surface area contributed by atoms with Crippen LogP contribution in [0.25, 0.3) is 0 Å². The Balaban J connectivity index is 0.00000450. The Hall–Kier alpha value is -1.81. The van der Waals surface area contributed by atoms with E-state index >= 15 is 0 Å². The molecule has 1 atom stereocenters. The van der Waals surface area contributed by atoms with Gasteiger partial charge < -0.3 is 19.7 Å². The second kappa shape index (κ2) is 13.5. The van der Waals surface area contributed by atoms with Crippen molar-refractivity contribution >= 4 is 40.7 Å². The van der Waals surface area contributed by atoms with Crippen LogP contribution in [0, 0.1) is 6.92 Å². The van der Waals surface area contributed by atoms with Crippen LogP contribution < -0.4 is 14.8 Å². The van der Waals surface area contributed by atoms with Crippen LogP contribution in [0.3, 0.4) is 0 Å². The Morgan fingerprint density at radius 2 is 1.77 bits per heavy atom. The second-order valence-electron chi connectivity index (χ2n) is 6.74. The molecule has 166 valence electrons. The van der Waals surface area contributed by atoms with Crippen LogP contribution in [0.1, 0.15) is 16.7 Å². The number of aryl methyl sites for hydroxylation is 1. The van der Waals surface area contributed by atoms with Gasteiger partial charge in [-0.3, -0.25) is 9.20 Å². The lowest BCUT2D eigenvalue weighted by Gasteiger charge is -2.23. The molecule has 0 aliphatic carbocycles. The average molecular weight is 545 g/mol. The van der Waals surface area contributed by atoms with Crippen LogP contribution in [-0.2, 0) is 23.1 Å². The zero-order chi connectivity index (χ0) is 21.2. The standard InChI is InChI=1S/C22H31N3O3S.HI/c1-17-13-20(27-4)21(28-5)14-19(17)15-25(3)22(23-2)24-11-12-29(26)16-18-9-7-6-8-10-18;/h6-10,13-14H,11-12,15-16H2,1-5H3,(H,23,24);1H. The number of benzene rings is 2. The highest BCUT2D eigenvalue weighted by Crippen LogP contribution is 2.30. The molecule has 6 nitrogen and oxygen atoms in total. The quantitative estimate of drug-likeness (QED) is 0.297. The SMILES string of the molecule is CN=C(NCCS(=O)Cc1ccccc1)N(C)Cc1cc(OC)c(OC)cc1C.I. The van der Waals surface area contributed by atoms with E-state index in [4.69, 9.17) is 9.47 Å². The van der Waals surface area contributed by atoms with E-state index in [1.165, 1.54) is 0 Å². The maximum atomic E-state index is 12.3. The largest absolute Gasteiger partial charge is 0.493 e. The van der Waals surface area contributed by atoms with Crippen molar-refractivity contribution in [3.63, 3.8) is 0 Å². The highest BCUT2D eigenvalue weighted by molar-refractivity contribution is 14.0. The lowest BCUT2D eigenvalue weighted by atomic mass is 10.1. The van der Waals surface area contributed by atoms with Crippen molar-refractivity contribution in [3.8, 4) is 11.5 Å². The number of aliphatic imine (C=N–C) groups is 1. The molecule has 0 aliphatic rings. The van der Waals surface area contributed by atoms with E-state index in [1.54, 1.807) is 21.3 Å². The van der Waals surface area contributed by atoms with Gasteiger partial charge in [-0.15, -0.1) is 24.0 Å². The Bertz CT molecular complexity index is 847. The van der Waals surface area contributed by atoms with E-state index in [2.05, 4.69) is 10.3 Å². The molecule has 0 radical (unpaired) electrons. The van der Waals surface area contributed by atoms with Crippen molar-refractivity contribution in [2.75, 3.05) is 40.6 Å². The van der Waals surface area contributed by atoms with Gasteiger partial charge in [0.1, 0.15) is 0 Å². The van der Waals surface area contributed by atoms with Gasteiger partial charge in [0.15, 0.2) is 17.5 Å². The predicted molar refractivity (Wildman–Crippen MR) is 136 cm³/mol. The van der Waals surface area contributed by atoms with Gasteiger partial charge in [-0.1, -0.05) is 30.3 Å². The molecule has 2 aromatic rings. The number of hydrogen-bond donors (Lipinski definition) is 1. The van der Waals surface area contributed by atoms with E-state index in [0.717, 1.165) is 28.4 Å². The number of rotatable bonds is 9. The minimum absolute atomic E-state index is 0. The van der Waals surface area contributed by atoms with Crippen LogP contribution in [0.15, 0.2) is 47.5 Å². The number of halogens is 1. The molecule has 0 spiro atoms. The Labute approximate surface area is 199 Å². The van der Waals surface area contributed by atoms with Crippen molar-refractivity contribution in [1.29, 1.82) is 0 Å². The summed E-state index contributed by atoms with van der Waals surface area (Å²) in [6.07, 6.45) is 0. The second-order valence-corrected chi connectivity index (χ2v) is 8.31. The molecule has 1 unspecified atom stereocenters. The van der Waals surface area contributed by atoms with Crippen LogP contribution >= 0.6 is 24.0 Å². The fourth-order valence-corrected chi connectivity index (χ4v) is 4.06. The van der Waals surface area contributed by atoms with Crippen molar-refractivity contribution in [2.24, 2.45) is 4.99 Å². The Morgan fingerprint density at radius 1 is 1.13 bits per heavy atom. The molecule has 0 heterocycles. The molecule has 30 heavy (non-hydrogen) atoms. The molecule has 0 saturated heterocycles. The zero-order valence-electron chi connectivity index (χ0n) is 18.3. The van der Waals surface area contributed by atoms with E-state index < -0.39 is 10.8 Å². The molecule has 2 aromatic carbocycles. The van der Waals surface area contributed by atoms with Gasteiger partial charge in [0.2, 0.25) is 0 Å². The van der Waals surface area contributed by atoms with Crippen molar-refractivity contribution in [1.82, 2.24) is 10.2 Å². The maximum Gasteiger partial charge on any atom is 0.193 e. The molecule has 8 heteroatoms. The minimum atomic E-state index is -0.919. The van der Waals surface area contributed by atoms with Crippen LogP contribution in [-0.4, -0.2) is 55.7 Å². The van der Waals surface area contributed by atoms with Gasteiger partial charge in [0.05, 0.1) is 14.2 Å². The summed E-state index contributed by atoms with van der Waals surface area (Å²) in [6, 6.07) is 13.9. The maximum absolute atomic E-state index is 12.3. The predicted octanol–water partition coefficient (Wildman–Crippen LogP) is 3.59. The summed E-state index contributed by atoms with van der Waals surface area (Å²) >= 11 is 0. The summed E-state index contributed by atoms with van der Waals surface area (Å²) in [4.78, 5) is 6.38. The Kier molecular flexibility index (Phi) is 11.8. The van der Waals surface area contributed by atoms with Gasteiger partial charge in [-0.25, -0.2) is 0 Å². The van der Waals surface area contributed by atoms with Gasteiger partial charge >= 0.3 is 0 Å². The Morgan fingerprint density at radius 3 is 2.37 bits per heavy atom. The number of hydrogen-bond acceptors (Lipinski definition) is 4. The zero-order valence-corrected chi connectivity index (χ0v) is 21.5. The average Bonchev–Trinajstić information content (AvgIpc) is 2.72. The van der Waals surface area contributed by atoms with Crippen LogP contribution in [0.2, 0.25) is 0 Å². The van der Waals surface area contributed by atoms with E-state index in [0.29, 0.717) is 30.3 Å². The van der Waals surface area contributed by atoms with Gasteiger partial charge in [-0.05, 0) is 35.7 Å². The molecule has 0 amide bonds. The van der Waals surface area contributed by atoms with Crippen LogP contribution in [0.5, 0.6) is 11.5 Å². The topological polar surface area (TPSA) is 63.2 Å². The smallest absolute Gasteiger partial charge is 0.193 e. The number of guanidine groups is 1. The van der Waals surface area contributed by atoms with E-state index in [-0.39, 0.29) is 24.0 Å². The molecule has 0 aromatic heterocycles. The first-order valence-corrected chi connectivity index (χ1v) is 11.0. The molecule has 0 saturated carbocycles. The summed E-state index contributed by atoms with van der Waals surface area (Å²) in [5.41, 5.74) is 3.34. The summed E-state index contributed by atoms with van der Waals surface area (Å²) in [5, 5.41) is 3.30. The summed E-state index contributed by atoms with van der Waals surface area (Å²) in [5.74, 6) is 3.33. The van der Waals surface area contributed by atoms with Crippen molar-refractivity contribution < 1.29 is 13.7 Å². The van der Waals surface area contributed by atoms with E-state index in [9.17, 15) is 4.21 Å². The lowest BCUT2D eigenvalue weighted by Crippen LogP contribution is -2.40. The third-order valence-electron chi connectivity index (χ3n) is 4.61. The van der Waals surface area contributed by atoms with Crippen molar-refractivity contribution in [2.45, 2.75) is 19.2 Å². The van der Waals surface area contributed by atoms with Gasteiger partial charge in [-0.2, -0.15) is 0 Å². The molecular weight excluding hydrogens is 513 g/mol.